The third-order valence-corrected chi connectivity index (χ3v) is 3.48. The van der Waals surface area contributed by atoms with Gasteiger partial charge in [-0.3, -0.25) is 4.79 Å². The predicted octanol–water partition coefficient (Wildman–Crippen LogP) is 2.73. The van der Waals surface area contributed by atoms with Crippen molar-refractivity contribution in [2.75, 3.05) is 6.61 Å². The quantitative estimate of drug-likeness (QED) is 0.815. The third kappa shape index (κ3) is 3.40. The molecular weight excluding hydrogens is 256 g/mol. The molecule has 1 aromatic heterocycles. The van der Waals surface area contributed by atoms with Gasteiger partial charge < -0.3 is 15.0 Å². The van der Waals surface area contributed by atoms with E-state index in [9.17, 15) is 9.59 Å². The number of ether oxygens (including phenoxy) is 1. The number of aromatic nitrogens is 1. The van der Waals surface area contributed by atoms with E-state index in [0.29, 0.717) is 29.1 Å². The Morgan fingerprint density at radius 2 is 1.85 bits per heavy atom. The minimum atomic E-state index is -0.429. The van der Waals surface area contributed by atoms with Gasteiger partial charge in [0.25, 0.3) is 5.91 Å². The molecule has 0 aliphatic rings. The number of carbonyl (C=O) groups excluding carboxylic acids is 2. The van der Waals surface area contributed by atoms with Crippen molar-refractivity contribution in [3.63, 3.8) is 0 Å². The highest BCUT2D eigenvalue weighted by Crippen LogP contribution is 2.20. The van der Waals surface area contributed by atoms with Crippen molar-refractivity contribution < 1.29 is 14.3 Å². The highest BCUT2D eigenvalue weighted by molar-refractivity contribution is 6.01. The van der Waals surface area contributed by atoms with Crippen LogP contribution < -0.4 is 5.32 Å². The van der Waals surface area contributed by atoms with E-state index in [1.807, 2.05) is 20.8 Å². The molecule has 0 aliphatic heterocycles. The summed E-state index contributed by atoms with van der Waals surface area (Å²) in [4.78, 5) is 27.1. The number of aryl methyl sites for hydroxylation is 1. The van der Waals surface area contributed by atoms with Crippen molar-refractivity contribution in [1.29, 1.82) is 0 Å². The highest BCUT2D eigenvalue weighted by atomic mass is 16.5. The number of esters is 1. The standard InChI is InChI=1S/C15H24N2O3/c1-7-15(5,6)17-13(18)11-9(3)12(16-10(11)4)14(19)20-8-2/h16H,7-8H2,1-6H3,(H,17,18). The Labute approximate surface area is 120 Å². The van der Waals surface area contributed by atoms with Crippen molar-refractivity contribution in [2.24, 2.45) is 0 Å². The summed E-state index contributed by atoms with van der Waals surface area (Å²) in [6.07, 6.45) is 0.825. The van der Waals surface area contributed by atoms with E-state index in [1.54, 1.807) is 20.8 Å². The maximum Gasteiger partial charge on any atom is 0.355 e. The van der Waals surface area contributed by atoms with Gasteiger partial charge in [-0.2, -0.15) is 0 Å². The van der Waals surface area contributed by atoms with Crippen molar-refractivity contribution in [3.05, 3.63) is 22.5 Å². The van der Waals surface area contributed by atoms with Crippen LogP contribution in [0.2, 0.25) is 0 Å². The Kier molecular flexibility index (Phi) is 4.98. The van der Waals surface area contributed by atoms with E-state index in [-0.39, 0.29) is 11.4 Å². The molecule has 1 heterocycles. The maximum atomic E-state index is 12.4. The van der Waals surface area contributed by atoms with Crippen LogP contribution in [-0.4, -0.2) is 29.0 Å². The molecule has 0 aromatic carbocycles. The summed E-state index contributed by atoms with van der Waals surface area (Å²) in [7, 11) is 0. The zero-order valence-electron chi connectivity index (χ0n) is 13.1. The second-order valence-electron chi connectivity index (χ2n) is 5.54. The smallest absolute Gasteiger partial charge is 0.355 e. The Hall–Kier alpha value is -1.78. The summed E-state index contributed by atoms with van der Waals surface area (Å²) in [5.74, 6) is -0.597. The van der Waals surface area contributed by atoms with Crippen molar-refractivity contribution >= 4 is 11.9 Å². The first kappa shape index (κ1) is 16.3. The van der Waals surface area contributed by atoms with Crippen LogP contribution in [-0.2, 0) is 4.74 Å². The van der Waals surface area contributed by atoms with Crippen LogP contribution in [0.5, 0.6) is 0 Å². The lowest BCUT2D eigenvalue weighted by Crippen LogP contribution is -2.43. The predicted molar refractivity (Wildman–Crippen MR) is 78.1 cm³/mol. The Morgan fingerprint density at radius 3 is 2.35 bits per heavy atom. The lowest BCUT2D eigenvalue weighted by atomic mass is 10.0. The maximum absolute atomic E-state index is 12.4. The van der Waals surface area contributed by atoms with Crippen LogP contribution >= 0.6 is 0 Å². The summed E-state index contributed by atoms with van der Waals surface area (Å²) in [5, 5.41) is 2.98. The van der Waals surface area contributed by atoms with Crippen LogP contribution in [0, 0.1) is 13.8 Å². The van der Waals surface area contributed by atoms with Crippen LogP contribution in [0.1, 0.15) is 66.2 Å². The Morgan fingerprint density at radius 1 is 1.25 bits per heavy atom. The molecule has 0 saturated heterocycles. The molecule has 20 heavy (non-hydrogen) atoms. The molecule has 0 saturated carbocycles. The molecule has 5 heteroatoms. The highest BCUT2D eigenvalue weighted by Gasteiger charge is 2.26. The minimum absolute atomic E-state index is 0.168. The van der Waals surface area contributed by atoms with E-state index in [4.69, 9.17) is 4.74 Å². The van der Waals surface area contributed by atoms with Gasteiger partial charge in [-0.15, -0.1) is 0 Å². The molecule has 112 valence electrons. The summed E-state index contributed by atoms with van der Waals surface area (Å²) in [6, 6.07) is 0. The summed E-state index contributed by atoms with van der Waals surface area (Å²) in [6.45, 7) is 11.5. The second kappa shape index (κ2) is 6.11. The molecule has 0 bridgehead atoms. The molecule has 1 aromatic rings. The lowest BCUT2D eigenvalue weighted by molar-refractivity contribution is 0.0519. The van der Waals surface area contributed by atoms with Gasteiger partial charge in [-0.05, 0) is 46.6 Å². The zero-order valence-corrected chi connectivity index (χ0v) is 13.1. The molecule has 0 unspecified atom stereocenters. The molecule has 0 atom stereocenters. The number of hydrogen-bond donors (Lipinski definition) is 2. The van der Waals surface area contributed by atoms with Crippen LogP contribution in [0.4, 0.5) is 0 Å². The number of hydrogen-bond acceptors (Lipinski definition) is 3. The first-order chi connectivity index (χ1) is 9.23. The van der Waals surface area contributed by atoms with Gasteiger partial charge in [0.05, 0.1) is 12.2 Å². The SMILES string of the molecule is CCOC(=O)c1[nH]c(C)c(C(=O)NC(C)(C)CC)c1C. The molecule has 0 spiro atoms. The molecular formula is C15H24N2O3. The average Bonchev–Trinajstić information content (AvgIpc) is 2.64. The molecule has 0 aliphatic carbocycles. The topological polar surface area (TPSA) is 71.2 Å². The number of amides is 1. The molecule has 1 rings (SSSR count). The van der Waals surface area contributed by atoms with Crippen LogP contribution in [0.15, 0.2) is 0 Å². The first-order valence-electron chi connectivity index (χ1n) is 6.92. The fraction of sp³-hybridized carbons (Fsp3) is 0.600. The van der Waals surface area contributed by atoms with Gasteiger partial charge in [0, 0.05) is 11.2 Å². The monoisotopic (exact) mass is 280 g/mol. The minimum Gasteiger partial charge on any atom is -0.461 e. The van der Waals surface area contributed by atoms with Crippen LogP contribution in [0.25, 0.3) is 0 Å². The van der Waals surface area contributed by atoms with Gasteiger partial charge in [-0.25, -0.2) is 4.79 Å². The van der Waals surface area contributed by atoms with E-state index in [1.165, 1.54) is 0 Å². The van der Waals surface area contributed by atoms with E-state index in [2.05, 4.69) is 10.3 Å². The normalized spacial score (nSPS) is 11.3. The number of H-pyrrole nitrogens is 1. The number of rotatable bonds is 5. The molecule has 2 N–H and O–H groups in total. The van der Waals surface area contributed by atoms with Gasteiger partial charge in [-0.1, -0.05) is 6.92 Å². The van der Waals surface area contributed by atoms with E-state index < -0.39 is 5.97 Å². The Bertz CT molecular complexity index is 515. The van der Waals surface area contributed by atoms with E-state index >= 15 is 0 Å². The zero-order chi connectivity index (χ0) is 15.5. The molecule has 5 nitrogen and oxygen atoms in total. The fourth-order valence-electron chi connectivity index (χ4n) is 1.96. The number of nitrogens with one attached hydrogen (secondary N) is 2. The molecule has 1 amide bonds. The van der Waals surface area contributed by atoms with Gasteiger partial charge in [0.1, 0.15) is 5.69 Å². The molecule has 0 radical (unpaired) electrons. The lowest BCUT2D eigenvalue weighted by Gasteiger charge is -2.24. The van der Waals surface area contributed by atoms with Crippen molar-refractivity contribution in [3.8, 4) is 0 Å². The fourth-order valence-corrected chi connectivity index (χ4v) is 1.96. The summed E-state index contributed by atoms with van der Waals surface area (Å²) in [5.41, 5.74) is 1.90. The van der Waals surface area contributed by atoms with Crippen molar-refractivity contribution in [2.45, 2.75) is 53.5 Å². The average molecular weight is 280 g/mol. The van der Waals surface area contributed by atoms with Gasteiger partial charge in [0.15, 0.2) is 0 Å². The largest absolute Gasteiger partial charge is 0.461 e. The summed E-state index contributed by atoms with van der Waals surface area (Å²) >= 11 is 0. The third-order valence-electron chi connectivity index (χ3n) is 3.48. The van der Waals surface area contributed by atoms with E-state index in [0.717, 1.165) is 6.42 Å². The van der Waals surface area contributed by atoms with Gasteiger partial charge >= 0.3 is 5.97 Å². The first-order valence-corrected chi connectivity index (χ1v) is 6.92. The van der Waals surface area contributed by atoms with Gasteiger partial charge in [0.2, 0.25) is 0 Å². The summed E-state index contributed by atoms with van der Waals surface area (Å²) < 4.78 is 4.98. The second-order valence-corrected chi connectivity index (χ2v) is 5.54. The van der Waals surface area contributed by atoms with Crippen LogP contribution in [0.3, 0.4) is 0 Å². The number of aromatic amines is 1. The van der Waals surface area contributed by atoms with Crippen molar-refractivity contribution in [1.82, 2.24) is 10.3 Å². The molecule has 0 fully saturated rings. The number of carbonyl (C=O) groups is 2. The Balaban J connectivity index is 3.08.